The van der Waals surface area contributed by atoms with Gasteiger partial charge in [0.1, 0.15) is 10.8 Å². The van der Waals surface area contributed by atoms with Crippen LogP contribution in [0.15, 0.2) is 24.3 Å². The minimum atomic E-state index is -0.829. The summed E-state index contributed by atoms with van der Waals surface area (Å²) in [6.45, 7) is 0. The monoisotopic (exact) mass is 304 g/mol. The molecule has 3 rings (SSSR count). The molecule has 1 aliphatic carbocycles. The normalized spacial score (nSPS) is 23.3. The Bertz CT molecular complexity index is 567. The van der Waals surface area contributed by atoms with Crippen molar-refractivity contribution in [1.82, 2.24) is 5.32 Å². The van der Waals surface area contributed by atoms with E-state index in [1.54, 1.807) is 11.8 Å². The Morgan fingerprint density at radius 2 is 1.95 bits per heavy atom. The van der Waals surface area contributed by atoms with Gasteiger partial charge >= 0.3 is 0 Å². The molecule has 0 aromatic heterocycles. The first-order valence-corrected chi connectivity index (χ1v) is 8.49. The maximum absolute atomic E-state index is 12.7. The summed E-state index contributed by atoms with van der Waals surface area (Å²) >= 11 is 1.64. The average molecular weight is 304 g/mol. The summed E-state index contributed by atoms with van der Waals surface area (Å²) in [6.07, 6.45) is 4.20. The van der Waals surface area contributed by atoms with Crippen LogP contribution in [0.4, 0.5) is 0 Å². The van der Waals surface area contributed by atoms with Crippen LogP contribution in [-0.2, 0) is 16.0 Å². The number of amides is 2. The average Bonchev–Trinajstić information content (AvgIpc) is 2.96. The van der Waals surface area contributed by atoms with Gasteiger partial charge < -0.3 is 11.1 Å². The highest BCUT2D eigenvalue weighted by Crippen LogP contribution is 2.38. The molecule has 0 saturated heterocycles. The molecule has 0 bridgehead atoms. The Morgan fingerprint density at radius 1 is 1.24 bits per heavy atom. The zero-order valence-corrected chi connectivity index (χ0v) is 12.7. The van der Waals surface area contributed by atoms with Gasteiger partial charge in [-0.05, 0) is 36.1 Å². The summed E-state index contributed by atoms with van der Waals surface area (Å²) < 4.78 is 0. The van der Waals surface area contributed by atoms with Crippen molar-refractivity contribution in [2.75, 3.05) is 5.75 Å². The number of carbonyl (C=O) groups is 2. The Hall–Kier alpha value is -1.49. The van der Waals surface area contributed by atoms with Crippen LogP contribution in [0.5, 0.6) is 0 Å². The first-order chi connectivity index (χ1) is 10.1. The zero-order chi connectivity index (χ0) is 14.9. The van der Waals surface area contributed by atoms with Gasteiger partial charge in [0.15, 0.2) is 0 Å². The predicted octanol–water partition coefficient (Wildman–Crippen LogP) is 1.93. The fourth-order valence-electron chi connectivity index (χ4n) is 3.32. The number of aryl methyl sites for hydroxylation is 1. The molecule has 0 radical (unpaired) electrons. The molecule has 1 atom stereocenters. The molecule has 1 aromatic rings. The molecule has 21 heavy (non-hydrogen) atoms. The van der Waals surface area contributed by atoms with Crippen molar-refractivity contribution in [2.45, 2.75) is 42.9 Å². The number of nitrogens with one attached hydrogen (secondary N) is 1. The number of hydrogen-bond acceptors (Lipinski definition) is 3. The SMILES string of the molecule is NC(=O)C1(NC(=O)[C@H]2SCCc3ccccc32)CCCC1. The van der Waals surface area contributed by atoms with Crippen LogP contribution in [0.3, 0.4) is 0 Å². The van der Waals surface area contributed by atoms with Crippen LogP contribution in [-0.4, -0.2) is 23.1 Å². The number of primary amides is 1. The van der Waals surface area contributed by atoms with Crippen molar-refractivity contribution in [3.63, 3.8) is 0 Å². The Labute approximate surface area is 128 Å². The molecule has 0 spiro atoms. The van der Waals surface area contributed by atoms with Crippen LogP contribution in [0.1, 0.15) is 42.1 Å². The van der Waals surface area contributed by atoms with Crippen molar-refractivity contribution >= 4 is 23.6 Å². The maximum atomic E-state index is 12.7. The highest BCUT2D eigenvalue weighted by molar-refractivity contribution is 8.00. The summed E-state index contributed by atoms with van der Waals surface area (Å²) in [7, 11) is 0. The van der Waals surface area contributed by atoms with E-state index in [1.807, 2.05) is 18.2 Å². The van der Waals surface area contributed by atoms with E-state index in [-0.39, 0.29) is 11.2 Å². The van der Waals surface area contributed by atoms with Gasteiger partial charge in [0.25, 0.3) is 0 Å². The highest BCUT2D eigenvalue weighted by atomic mass is 32.2. The number of carbonyl (C=O) groups excluding carboxylic acids is 2. The molecule has 2 aliphatic rings. The zero-order valence-electron chi connectivity index (χ0n) is 11.9. The summed E-state index contributed by atoms with van der Waals surface area (Å²) in [4.78, 5) is 24.5. The van der Waals surface area contributed by atoms with E-state index in [4.69, 9.17) is 5.73 Å². The highest BCUT2D eigenvalue weighted by Gasteiger charge is 2.42. The number of hydrogen-bond donors (Lipinski definition) is 2. The lowest BCUT2D eigenvalue weighted by molar-refractivity contribution is -0.131. The standard InChI is InChI=1S/C16H20N2O2S/c17-15(20)16(8-3-4-9-16)18-14(19)13-12-6-2-1-5-11(12)7-10-21-13/h1-2,5-6,13H,3-4,7-10H2,(H2,17,20)(H,18,19)/t13-/m0/s1. The molecule has 1 heterocycles. The molecule has 1 aliphatic heterocycles. The van der Waals surface area contributed by atoms with Gasteiger partial charge in [-0.1, -0.05) is 37.1 Å². The molecule has 4 nitrogen and oxygen atoms in total. The van der Waals surface area contributed by atoms with E-state index in [2.05, 4.69) is 11.4 Å². The van der Waals surface area contributed by atoms with Crippen LogP contribution in [0, 0.1) is 0 Å². The van der Waals surface area contributed by atoms with Crippen LogP contribution in [0.25, 0.3) is 0 Å². The second-order valence-corrected chi connectivity index (χ2v) is 7.06. The Balaban J connectivity index is 1.82. The van der Waals surface area contributed by atoms with Gasteiger partial charge in [-0.2, -0.15) is 0 Å². The van der Waals surface area contributed by atoms with Crippen molar-refractivity contribution in [3.05, 3.63) is 35.4 Å². The number of fused-ring (bicyclic) bond motifs is 1. The second kappa shape index (κ2) is 5.72. The number of rotatable bonds is 3. The van der Waals surface area contributed by atoms with Gasteiger partial charge in [-0.25, -0.2) is 0 Å². The van der Waals surface area contributed by atoms with E-state index in [0.29, 0.717) is 12.8 Å². The summed E-state index contributed by atoms with van der Waals surface area (Å²) in [6, 6.07) is 8.06. The minimum absolute atomic E-state index is 0.0761. The Kier molecular flexibility index (Phi) is 3.93. The summed E-state index contributed by atoms with van der Waals surface area (Å²) in [5.74, 6) is 0.453. The molecule has 5 heteroatoms. The molecular weight excluding hydrogens is 284 g/mol. The van der Waals surface area contributed by atoms with Gasteiger partial charge in [-0.3, -0.25) is 9.59 Å². The van der Waals surface area contributed by atoms with Crippen molar-refractivity contribution in [1.29, 1.82) is 0 Å². The molecular formula is C16H20N2O2S. The maximum Gasteiger partial charge on any atom is 0.243 e. The number of benzene rings is 1. The van der Waals surface area contributed by atoms with Crippen LogP contribution in [0.2, 0.25) is 0 Å². The second-order valence-electron chi connectivity index (χ2n) is 5.84. The molecule has 1 saturated carbocycles. The van der Waals surface area contributed by atoms with Gasteiger partial charge in [0.2, 0.25) is 11.8 Å². The first kappa shape index (κ1) is 14.4. The molecule has 112 valence electrons. The predicted molar refractivity (Wildman–Crippen MR) is 83.9 cm³/mol. The van der Waals surface area contributed by atoms with E-state index in [1.165, 1.54) is 5.56 Å². The molecule has 2 amide bonds. The van der Waals surface area contributed by atoms with Crippen molar-refractivity contribution in [3.8, 4) is 0 Å². The lowest BCUT2D eigenvalue weighted by Gasteiger charge is -2.31. The lowest BCUT2D eigenvalue weighted by Crippen LogP contribution is -2.56. The van der Waals surface area contributed by atoms with Crippen molar-refractivity contribution in [2.24, 2.45) is 5.73 Å². The topological polar surface area (TPSA) is 72.2 Å². The molecule has 1 aromatic carbocycles. The molecule has 1 fully saturated rings. The van der Waals surface area contributed by atoms with E-state index >= 15 is 0 Å². The third-order valence-electron chi connectivity index (χ3n) is 4.52. The van der Waals surface area contributed by atoms with Gasteiger partial charge in [0, 0.05) is 0 Å². The fourth-order valence-corrected chi connectivity index (χ4v) is 4.52. The lowest BCUT2D eigenvalue weighted by atomic mass is 9.95. The fraction of sp³-hybridized carbons (Fsp3) is 0.500. The molecule has 3 N–H and O–H groups in total. The van der Waals surface area contributed by atoms with Gasteiger partial charge in [-0.15, -0.1) is 11.8 Å². The third-order valence-corrected chi connectivity index (χ3v) is 5.76. The summed E-state index contributed by atoms with van der Waals surface area (Å²) in [5, 5.41) is 2.74. The van der Waals surface area contributed by atoms with Crippen LogP contribution >= 0.6 is 11.8 Å². The largest absolute Gasteiger partial charge is 0.368 e. The summed E-state index contributed by atoms with van der Waals surface area (Å²) in [5.41, 5.74) is 7.02. The van der Waals surface area contributed by atoms with E-state index in [0.717, 1.165) is 30.6 Å². The van der Waals surface area contributed by atoms with E-state index in [9.17, 15) is 9.59 Å². The number of nitrogens with two attached hydrogens (primary N) is 1. The quantitative estimate of drug-likeness (QED) is 0.896. The van der Waals surface area contributed by atoms with Crippen molar-refractivity contribution < 1.29 is 9.59 Å². The number of thioether (sulfide) groups is 1. The molecule has 0 unspecified atom stereocenters. The first-order valence-electron chi connectivity index (χ1n) is 7.44. The van der Waals surface area contributed by atoms with Crippen LogP contribution < -0.4 is 11.1 Å². The third kappa shape index (κ3) is 2.67. The van der Waals surface area contributed by atoms with E-state index < -0.39 is 11.4 Å². The smallest absolute Gasteiger partial charge is 0.243 e. The minimum Gasteiger partial charge on any atom is -0.368 e. The van der Waals surface area contributed by atoms with Gasteiger partial charge in [0.05, 0.1) is 0 Å². The Morgan fingerprint density at radius 3 is 2.67 bits per heavy atom.